The molecule has 2 aromatic rings. The molecule has 0 N–H and O–H groups in total. The molecule has 0 unspecified atom stereocenters. The van der Waals surface area contributed by atoms with E-state index in [0.717, 1.165) is 16.5 Å². The maximum Gasteiger partial charge on any atom is 0.261 e. The lowest BCUT2D eigenvalue weighted by Crippen LogP contribution is -2.20. The van der Waals surface area contributed by atoms with Crippen molar-refractivity contribution in [1.82, 2.24) is 9.55 Å². The number of hydrogen-bond donors (Lipinski definition) is 0. The van der Waals surface area contributed by atoms with Gasteiger partial charge in [-0.3, -0.25) is 9.36 Å². The third-order valence-electron chi connectivity index (χ3n) is 2.40. The molecule has 0 aliphatic heterocycles. The van der Waals surface area contributed by atoms with Crippen LogP contribution < -0.4 is 5.56 Å². The SMILES string of the molecule is CCn1cnc2cccc(C)c2c1=O. The number of hydrogen-bond acceptors (Lipinski definition) is 2. The molecule has 0 saturated heterocycles. The highest BCUT2D eigenvalue weighted by Crippen LogP contribution is 2.10. The van der Waals surface area contributed by atoms with Crippen LogP contribution in [0.25, 0.3) is 10.9 Å². The molecule has 0 bridgehead atoms. The van der Waals surface area contributed by atoms with Crippen LogP contribution in [0.2, 0.25) is 0 Å². The van der Waals surface area contributed by atoms with Crippen molar-refractivity contribution in [1.29, 1.82) is 0 Å². The number of aryl methyl sites for hydroxylation is 2. The second-order valence-electron chi connectivity index (χ2n) is 3.30. The summed E-state index contributed by atoms with van der Waals surface area (Å²) < 4.78 is 1.62. The van der Waals surface area contributed by atoms with Crippen LogP contribution >= 0.6 is 0 Å². The number of rotatable bonds is 1. The van der Waals surface area contributed by atoms with Crippen LogP contribution in [0.3, 0.4) is 0 Å². The summed E-state index contributed by atoms with van der Waals surface area (Å²) in [7, 11) is 0. The summed E-state index contributed by atoms with van der Waals surface area (Å²) in [5.41, 5.74) is 1.82. The molecule has 0 saturated carbocycles. The molecular weight excluding hydrogens is 176 g/mol. The molecule has 1 aromatic carbocycles. The first kappa shape index (κ1) is 8.94. The third-order valence-corrected chi connectivity index (χ3v) is 2.40. The van der Waals surface area contributed by atoms with E-state index in [2.05, 4.69) is 4.98 Å². The van der Waals surface area contributed by atoms with Gasteiger partial charge in [0, 0.05) is 6.54 Å². The molecular formula is C11H12N2O. The summed E-state index contributed by atoms with van der Waals surface area (Å²) >= 11 is 0. The first-order valence-corrected chi connectivity index (χ1v) is 4.69. The Balaban J connectivity index is 2.94. The smallest absolute Gasteiger partial charge is 0.261 e. The van der Waals surface area contributed by atoms with E-state index >= 15 is 0 Å². The topological polar surface area (TPSA) is 34.9 Å². The van der Waals surface area contributed by atoms with Gasteiger partial charge in [0.15, 0.2) is 0 Å². The average Bonchev–Trinajstić information content (AvgIpc) is 2.18. The monoisotopic (exact) mass is 188 g/mol. The fourth-order valence-electron chi connectivity index (χ4n) is 1.59. The molecule has 1 heterocycles. The van der Waals surface area contributed by atoms with E-state index in [9.17, 15) is 4.79 Å². The molecule has 3 heteroatoms. The number of nitrogens with zero attached hydrogens (tertiary/aromatic N) is 2. The number of benzene rings is 1. The zero-order chi connectivity index (χ0) is 10.1. The maximum atomic E-state index is 11.9. The summed E-state index contributed by atoms with van der Waals surface area (Å²) in [5, 5.41) is 0.733. The minimum absolute atomic E-state index is 0.0515. The molecule has 72 valence electrons. The van der Waals surface area contributed by atoms with E-state index in [1.54, 1.807) is 10.9 Å². The Kier molecular flexibility index (Phi) is 2.08. The van der Waals surface area contributed by atoms with Crippen LogP contribution in [0.15, 0.2) is 29.3 Å². The zero-order valence-electron chi connectivity index (χ0n) is 8.32. The van der Waals surface area contributed by atoms with Crippen molar-refractivity contribution >= 4 is 10.9 Å². The van der Waals surface area contributed by atoms with Gasteiger partial charge in [0.05, 0.1) is 17.2 Å². The Morgan fingerprint density at radius 1 is 1.43 bits per heavy atom. The highest BCUT2D eigenvalue weighted by Gasteiger charge is 2.04. The van der Waals surface area contributed by atoms with Gasteiger partial charge in [0.1, 0.15) is 0 Å². The lowest BCUT2D eigenvalue weighted by molar-refractivity contribution is 0.717. The fourth-order valence-corrected chi connectivity index (χ4v) is 1.59. The van der Waals surface area contributed by atoms with E-state index in [-0.39, 0.29) is 5.56 Å². The highest BCUT2D eigenvalue weighted by atomic mass is 16.1. The molecule has 3 nitrogen and oxygen atoms in total. The third kappa shape index (κ3) is 1.21. The highest BCUT2D eigenvalue weighted by molar-refractivity contribution is 5.80. The normalized spacial score (nSPS) is 10.7. The standard InChI is InChI=1S/C11H12N2O/c1-3-13-7-12-9-6-4-5-8(2)10(9)11(13)14/h4-7H,3H2,1-2H3. The first-order chi connectivity index (χ1) is 6.74. The second kappa shape index (κ2) is 3.25. The van der Waals surface area contributed by atoms with Gasteiger partial charge in [-0.15, -0.1) is 0 Å². The Hall–Kier alpha value is -1.64. The molecule has 0 amide bonds. The Labute approximate surface area is 82.0 Å². The minimum Gasteiger partial charge on any atom is -0.299 e. The van der Waals surface area contributed by atoms with Gasteiger partial charge in [-0.25, -0.2) is 4.98 Å². The summed E-state index contributed by atoms with van der Waals surface area (Å²) in [5.74, 6) is 0. The van der Waals surface area contributed by atoms with Gasteiger partial charge in [-0.2, -0.15) is 0 Å². The summed E-state index contributed by atoms with van der Waals surface area (Å²) in [6.45, 7) is 4.54. The molecule has 0 radical (unpaired) electrons. The van der Waals surface area contributed by atoms with Gasteiger partial charge in [-0.05, 0) is 25.5 Å². The molecule has 2 rings (SSSR count). The summed E-state index contributed by atoms with van der Waals surface area (Å²) in [6.07, 6.45) is 1.60. The maximum absolute atomic E-state index is 11.9. The summed E-state index contributed by atoms with van der Waals surface area (Å²) in [4.78, 5) is 16.1. The van der Waals surface area contributed by atoms with Crippen LogP contribution in [-0.4, -0.2) is 9.55 Å². The van der Waals surface area contributed by atoms with Crippen molar-refractivity contribution in [3.05, 3.63) is 40.4 Å². The van der Waals surface area contributed by atoms with Gasteiger partial charge in [0.25, 0.3) is 5.56 Å². The molecule has 0 spiro atoms. The van der Waals surface area contributed by atoms with Crippen molar-refractivity contribution in [2.75, 3.05) is 0 Å². The van der Waals surface area contributed by atoms with Crippen LogP contribution in [0.5, 0.6) is 0 Å². The predicted molar refractivity (Wildman–Crippen MR) is 56.4 cm³/mol. The van der Waals surface area contributed by atoms with Crippen LogP contribution in [0.1, 0.15) is 12.5 Å². The van der Waals surface area contributed by atoms with Gasteiger partial charge in [0.2, 0.25) is 0 Å². The second-order valence-corrected chi connectivity index (χ2v) is 3.30. The predicted octanol–water partition coefficient (Wildman–Crippen LogP) is 1.72. The summed E-state index contributed by atoms with van der Waals surface area (Å²) in [6, 6.07) is 5.72. The van der Waals surface area contributed by atoms with Gasteiger partial charge >= 0.3 is 0 Å². The lowest BCUT2D eigenvalue weighted by atomic mass is 10.1. The lowest BCUT2D eigenvalue weighted by Gasteiger charge is -2.04. The van der Waals surface area contributed by atoms with E-state index in [4.69, 9.17) is 0 Å². The Morgan fingerprint density at radius 2 is 2.21 bits per heavy atom. The van der Waals surface area contributed by atoms with E-state index in [0.29, 0.717) is 6.54 Å². The van der Waals surface area contributed by atoms with Crippen LogP contribution in [0.4, 0.5) is 0 Å². The molecule has 1 aromatic heterocycles. The molecule has 0 aliphatic rings. The quantitative estimate of drug-likeness (QED) is 0.683. The Bertz CT molecular complexity index is 528. The molecule has 0 atom stereocenters. The molecule has 0 aliphatic carbocycles. The van der Waals surface area contributed by atoms with Crippen LogP contribution in [0, 0.1) is 6.92 Å². The van der Waals surface area contributed by atoms with E-state index < -0.39 is 0 Å². The van der Waals surface area contributed by atoms with Gasteiger partial charge in [-0.1, -0.05) is 12.1 Å². The largest absolute Gasteiger partial charge is 0.299 e. The van der Waals surface area contributed by atoms with Crippen molar-refractivity contribution in [3.63, 3.8) is 0 Å². The Morgan fingerprint density at radius 3 is 2.93 bits per heavy atom. The van der Waals surface area contributed by atoms with E-state index in [1.807, 2.05) is 32.0 Å². The van der Waals surface area contributed by atoms with Crippen molar-refractivity contribution in [3.8, 4) is 0 Å². The number of aromatic nitrogens is 2. The minimum atomic E-state index is 0.0515. The first-order valence-electron chi connectivity index (χ1n) is 4.69. The number of fused-ring (bicyclic) bond motifs is 1. The van der Waals surface area contributed by atoms with Crippen molar-refractivity contribution < 1.29 is 0 Å². The van der Waals surface area contributed by atoms with Crippen molar-refractivity contribution in [2.45, 2.75) is 20.4 Å². The van der Waals surface area contributed by atoms with Gasteiger partial charge < -0.3 is 0 Å². The fraction of sp³-hybridized carbons (Fsp3) is 0.273. The van der Waals surface area contributed by atoms with Crippen molar-refractivity contribution in [2.24, 2.45) is 0 Å². The average molecular weight is 188 g/mol. The molecule has 14 heavy (non-hydrogen) atoms. The van der Waals surface area contributed by atoms with E-state index in [1.165, 1.54) is 0 Å². The zero-order valence-corrected chi connectivity index (χ0v) is 8.32. The molecule has 0 fully saturated rings. The van der Waals surface area contributed by atoms with Crippen LogP contribution in [-0.2, 0) is 6.54 Å².